The quantitative estimate of drug-likeness (QED) is 0.669. The number of halogens is 1. The first-order valence-corrected chi connectivity index (χ1v) is 10.9. The molecule has 2 N–H and O–H groups in total. The van der Waals surface area contributed by atoms with Crippen LogP contribution in [0.15, 0.2) is 30.3 Å². The summed E-state index contributed by atoms with van der Waals surface area (Å²) < 4.78 is 19.2. The molecule has 0 aromatic heterocycles. The van der Waals surface area contributed by atoms with E-state index in [1.165, 1.54) is 23.3 Å². The third-order valence-electron chi connectivity index (χ3n) is 6.24. The smallest absolute Gasteiger partial charge is 0.251 e. The van der Waals surface area contributed by atoms with Crippen LogP contribution in [0.4, 0.5) is 4.39 Å². The van der Waals surface area contributed by atoms with Crippen LogP contribution in [0.2, 0.25) is 0 Å². The molecule has 0 spiro atoms. The van der Waals surface area contributed by atoms with Gasteiger partial charge in [0.1, 0.15) is 18.2 Å². The number of aliphatic hydroxyl groups excluding tert-OH is 1. The van der Waals surface area contributed by atoms with Crippen molar-refractivity contribution in [2.45, 2.75) is 46.8 Å². The molecule has 1 amide bonds. The summed E-state index contributed by atoms with van der Waals surface area (Å²) in [6, 6.07) is 8.64. The van der Waals surface area contributed by atoms with Crippen LogP contribution >= 0.6 is 0 Å². The van der Waals surface area contributed by atoms with E-state index < -0.39 is 11.9 Å². The Morgan fingerprint density at radius 2 is 1.90 bits per heavy atom. The summed E-state index contributed by atoms with van der Waals surface area (Å²) in [6.07, 6.45) is -0.498. The molecule has 0 saturated carbocycles. The van der Waals surface area contributed by atoms with E-state index in [0.717, 1.165) is 30.0 Å². The number of aryl methyl sites for hydroxylation is 1. The van der Waals surface area contributed by atoms with Gasteiger partial charge in [-0.05, 0) is 75.1 Å². The average Bonchev–Trinajstić information content (AvgIpc) is 2.69. The summed E-state index contributed by atoms with van der Waals surface area (Å²) in [5.41, 5.74) is 4.73. The number of nitrogens with one attached hydrogen (secondary N) is 1. The lowest BCUT2D eigenvalue weighted by atomic mass is 9.91. The van der Waals surface area contributed by atoms with Crippen LogP contribution < -0.4 is 10.1 Å². The standard InChI is InChI=1S/C25H33FN2O3/c1-15-6-7-21(26)10-23(15)25(30)27-11-20-12-28(13-20)19(5)22-8-9-24(18(4)17(22)3)31-14-16(2)29/h6-10,16,19-20,29H,11-14H2,1-5H3,(H,27,30)/t16-,19?/m1/s1. The molecule has 1 heterocycles. The monoisotopic (exact) mass is 428 g/mol. The van der Waals surface area contributed by atoms with Gasteiger partial charge in [0.25, 0.3) is 5.91 Å². The number of aliphatic hydroxyl groups is 1. The van der Waals surface area contributed by atoms with Crippen LogP contribution in [0.25, 0.3) is 0 Å². The Labute approximate surface area is 184 Å². The predicted octanol–water partition coefficient (Wildman–Crippen LogP) is 3.93. The Morgan fingerprint density at radius 1 is 1.19 bits per heavy atom. The van der Waals surface area contributed by atoms with Crippen molar-refractivity contribution < 1.29 is 19.0 Å². The number of hydrogen-bond acceptors (Lipinski definition) is 4. The summed E-state index contributed by atoms with van der Waals surface area (Å²) >= 11 is 0. The van der Waals surface area contributed by atoms with Gasteiger partial charge >= 0.3 is 0 Å². The zero-order valence-electron chi connectivity index (χ0n) is 19.0. The average molecular weight is 429 g/mol. The van der Waals surface area contributed by atoms with Crippen LogP contribution in [0.3, 0.4) is 0 Å². The number of amides is 1. The number of rotatable bonds is 8. The lowest BCUT2D eigenvalue weighted by Crippen LogP contribution is -2.52. The van der Waals surface area contributed by atoms with Gasteiger partial charge in [-0.15, -0.1) is 0 Å². The zero-order chi connectivity index (χ0) is 22.7. The number of hydrogen-bond donors (Lipinski definition) is 2. The van der Waals surface area contributed by atoms with Crippen LogP contribution in [-0.2, 0) is 0 Å². The molecule has 2 aromatic carbocycles. The molecule has 0 aliphatic carbocycles. The highest BCUT2D eigenvalue weighted by molar-refractivity contribution is 5.95. The molecule has 1 aliphatic heterocycles. The van der Waals surface area contributed by atoms with Gasteiger partial charge in [-0.25, -0.2) is 4.39 Å². The summed E-state index contributed by atoms with van der Waals surface area (Å²) in [7, 11) is 0. The van der Waals surface area contributed by atoms with Gasteiger partial charge in [0.15, 0.2) is 0 Å². The van der Waals surface area contributed by atoms with E-state index in [0.29, 0.717) is 18.0 Å². The maximum absolute atomic E-state index is 13.4. The van der Waals surface area contributed by atoms with Crippen molar-refractivity contribution in [1.82, 2.24) is 10.2 Å². The fourth-order valence-corrected chi connectivity index (χ4v) is 4.06. The molecule has 31 heavy (non-hydrogen) atoms. The van der Waals surface area contributed by atoms with Gasteiger partial charge < -0.3 is 15.2 Å². The van der Waals surface area contributed by atoms with Crippen molar-refractivity contribution in [2.75, 3.05) is 26.2 Å². The van der Waals surface area contributed by atoms with Crippen LogP contribution in [-0.4, -0.2) is 48.3 Å². The highest BCUT2D eigenvalue weighted by Gasteiger charge is 2.32. The highest BCUT2D eigenvalue weighted by Crippen LogP contribution is 2.34. The molecule has 1 fully saturated rings. The van der Waals surface area contributed by atoms with Gasteiger partial charge in [0.2, 0.25) is 0 Å². The number of carbonyl (C=O) groups is 1. The van der Waals surface area contributed by atoms with Gasteiger partial charge in [0, 0.05) is 37.2 Å². The van der Waals surface area contributed by atoms with Gasteiger partial charge in [-0.3, -0.25) is 9.69 Å². The van der Waals surface area contributed by atoms with E-state index >= 15 is 0 Å². The third-order valence-corrected chi connectivity index (χ3v) is 6.24. The molecule has 1 saturated heterocycles. The summed E-state index contributed by atoms with van der Waals surface area (Å²) in [6.45, 7) is 12.5. The SMILES string of the molecule is Cc1ccc(F)cc1C(=O)NCC1CN(C(C)c2ccc(OC[C@@H](C)O)c(C)c2C)C1. The van der Waals surface area contributed by atoms with E-state index in [-0.39, 0.29) is 18.6 Å². The Balaban J connectivity index is 1.53. The van der Waals surface area contributed by atoms with Gasteiger partial charge in [0.05, 0.1) is 6.10 Å². The van der Waals surface area contributed by atoms with Crippen molar-refractivity contribution >= 4 is 5.91 Å². The Kier molecular flexibility index (Phi) is 7.34. The predicted molar refractivity (Wildman–Crippen MR) is 120 cm³/mol. The molecular formula is C25H33FN2O3. The van der Waals surface area contributed by atoms with Crippen molar-refractivity contribution in [1.29, 1.82) is 0 Å². The number of benzene rings is 2. The summed E-state index contributed by atoms with van der Waals surface area (Å²) in [4.78, 5) is 14.8. The minimum atomic E-state index is -0.498. The molecule has 0 bridgehead atoms. The molecular weight excluding hydrogens is 395 g/mol. The van der Waals surface area contributed by atoms with Crippen molar-refractivity contribution in [3.8, 4) is 5.75 Å². The second-order valence-electron chi connectivity index (χ2n) is 8.73. The minimum Gasteiger partial charge on any atom is -0.491 e. The van der Waals surface area contributed by atoms with Crippen molar-refractivity contribution in [3.63, 3.8) is 0 Å². The fourth-order valence-electron chi connectivity index (χ4n) is 4.06. The number of nitrogens with zero attached hydrogens (tertiary/aromatic N) is 1. The van der Waals surface area contributed by atoms with Crippen molar-refractivity contribution in [3.05, 3.63) is 64.0 Å². The van der Waals surface area contributed by atoms with E-state index in [2.05, 4.69) is 30.1 Å². The fraction of sp³-hybridized carbons (Fsp3) is 0.480. The number of ether oxygens (including phenoxy) is 1. The summed E-state index contributed by atoms with van der Waals surface area (Å²) in [5, 5.41) is 12.4. The lowest BCUT2D eigenvalue weighted by molar-refractivity contribution is 0.0569. The lowest BCUT2D eigenvalue weighted by Gasteiger charge is -2.44. The van der Waals surface area contributed by atoms with E-state index in [1.54, 1.807) is 13.0 Å². The summed E-state index contributed by atoms with van der Waals surface area (Å²) in [5.74, 6) is 0.580. The Hall–Kier alpha value is -2.44. The minimum absolute atomic E-state index is 0.220. The van der Waals surface area contributed by atoms with Crippen LogP contribution in [0.1, 0.15) is 52.5 Å². The van der Waals surface area contributed by atoms with Gasteiger partial charge in [-0.1, -0.05) is 12.1 Å². The van der Waals surface area contributed by atoms with E-state index in [1.807, 2.05) is 19.9 Å². The first-order chi connectivity index (χ1) is 14.7. The molecule has 6 heteroatoms. The first kappa shape index (κ1) is 23.2. The second-order valence-corrected chi connectivity index (χ2v) is 8.73. The van der Waals surface area contributed by atoms with Crippen LogP contribution in [0.5, 0.6) is 5.75 Å². The molecule has 1 unspecified atom stereocenters. The molecule has 5 nitrogen and oxygen atoms in total. The van der Waals surface area contributed by atoms with Crippen LogP contribution in [0, 0.1) is 32.5 Å². The number of likely N-dealkylation sites (tertiary alicyclic amines) is 1. The largest absolute Gasteiger partial charge is 0.491 e. The molecule has 2 atom stereocenters. The first-order valence-electron chi connectivity index (χ1n) is 10.9. The normalized spacial score (nSPS) is 16.5. The van der Waals surface area contributed by atoms with E-state index in [4.69, 9.17) is 4.74 Å². The molecule has 2 aromatic rings. The topological polar surface area (TPSA) is 61.8 Å². The molecule has 168 valence electrons. The molecule has 1 aliphatic rings. The van der Waals surface area contributed by atoms with Gasteiger partial charge in [-0.2, -0.15) is 0 Å². The number of carbonyl (C=O) groups excluding carboxylic acids is 1. The maximum atomic E-state index is 13.4. The maximum Gasteiger partial charge on any atom is 0.251 e. The van der Waals surface area contributed by atoms with Crippen molar-refractivity contribution in [2.24, 2.45) is 5.92 Å². The molecule has 3 rings (SSSR count). The van der Waals surface area contributed by atoms with E-state index in [9.17, 15) is 14.3 Å². The zero-order valence-corrected chi connectivity index (χ0v) is 19.0. The molecule has 0 radical (unpaired) electrons. The highest BCUT2D eigenvalue weighted by atomic mass is 19.1. The third kappa shape index (κ3) is 5.43. The second kappa shape index (κ2) is 9.79. The Morgan fingerprint density at radius 3 is 2.58 bits per heavy atom. The Bertz CT molecular complexity index is 939.